The Morgan fingerprint density at radius 3 is 1.79 bits per heavy atom. The first kappa shape index (κ1) is 66.4. The molecule has 7 N–H and O–H groups in total. The van der Waals surface area contributed by atoms with Crippen LogP contribution in [-0.2, 0) is 68.7 Å². The van der Waals surface area contributed by atoms with Crippen molar-refractivity contribution in [1.29, 1.82) is 0 Å². The molecule has 11 atom stereocenters. The molecule has 3 fully saturated rings. The molecule has 10 amide bonds. The SMILES string of the molecule is CC[C@H](C)[C@@H]1NC(=O)[C@H](CCC(N)=O)N(C)C(=O)[C@@H](C(C)C)N(C)C(=O)CNC(=O)[C@@H]2CCCN2C(=O)[C@H](Cc2ccccc2)NC(=O)[C@@H]([C@@H](C)CC)OC(=O)[C@H](CCC(=O)O)N(C)C(=O)[C@H](C(C)C)NC(=O)[C@@H]2CCCCN2C1=O. The second kappa shape index (κ2) is 30.6. The third-order valence-electron chi connectivity index (χ3n) is 16.1. The van der Waals surface area contributed by atoms with Crippen molar-refractivity contribution in [2.45, 2.75) is 187 Å². The molecule has 24 nitrogen and oxygen atoms in total. The van der Waals surface area contributed by atoms with Crippen molar-refractivity contribution in [1.82, 2.24) is 45.8 Å². The predicted molar refractivity (Wildman–Crippen MR) is 296 cm³/mol. The lowest BCUT2D eigenvalue weighted by atomic mass is 9.93. The number of rotatable bonds is 14. The summed E-state index contributed by atoms with van der Waals surface area (Å²) in [6.45, 7) is 13.2. The third-order valence-corrected chi connectivity index (χ3v) is 16.1. The molecule has 0 bridgehead atoms. The summed E-state index contributed by atoms with van der Waals surface area (Å²) < 4.78 is 5.97. The quantitative estimate of drug-likeness (QED) is 0.142. The van der Waals surface area contributed by atoms with E-state index in [2.05, 4.69) is 21.3 Å². The zero-order chi connectivity index (χ0) is 60.6. The minimum absolute atomic E-state index is 0.0587. The van der Waals surface area contributed by atoms with E-state index < -0.39 is 169 Å². The van der Waals surface area contributed by atoms with E-state index >= 15 is 0 Å². The van der Waals surface area contributed by atoms with Gasteiger partial charge in [-0.05, 0) is 74.7 Å². The van der Waals surface area contributed by atoms with Crippen molar-refractivity contribution in [3.05, 3.63) is 35.9 Å². The van der Waals surface area contributed by atoms with Crippen LogP contribution in [0.2, 0.25) is 0 Å². The molecule has 81 heavy (non-hydrogen) atoms. The van der Waals surface area contributed by atoms with Gasteiger partial charge < -0.3 is 61.3 Å². The molecular weight excluding hydrogens is 1050 g/mol. The highest BCUT2D eigenvalue weighted by Crippen LogP contribution is 2.26. The number of fused-ring (bicyclic) bond motifs is 2. The monoisotopic (exact) mass is 1140 g/mol. The van der Waals surface area contributed by atoms with Crippen LogP contribution in [0.5, 0.6) is 0 Å². The molecule has 3 saturated heterocycles. The van der Waals surface area contributed by atoms with Crippen molar-refractivity contribution in [3.63, 3.8) is 0 Å². The number of carbonyl (C=O) groups is 12. The van der Waals surface area contributed by atoms with Gasteiger partial charge in [-0.25, -0.2) is 4.79 Å². The summed E-state index contributed by atoms with van der Waals surface area (Å²) in [4.78, 5) is 176. The number of nitrogens with one attached hydrogen (secondary N) is 4. The Labute approximate surface area is 475 Å². The Hall–Kier alpha value is -7.14. The molecular formula is C57H88N10O14. The number of aliphatic carboxylic acids is 1. The Bertz CT molecular complexity index is 2440. The number of hydrogen-bond donors (Lipinski definition) is 6. The van der Waals surface area contributed by atoms with Crippen LogP contribution in [0, 0.1) is 23.7 Å². The van der Waals surface area contributed by atoms with E-state index in [-0.39, 0.29) is 51.6 Å². The first-order valence-electron chi connectivity index (χ1n) is 28.5. The summed E-state index contributed by atoms with van der Waals surface area (Å²) in [5, 5.41) is 20.8. The van der Waals surface area contributed by atoms with Gasteiger partial charge in [0.25, 0.3) is 5.91 Å². The number of hydrogen-bond acceptors (Lipinski definition) is 13. The largest absolute Gasteiger partial charge is 0.481 e. The van der Waals surface area contributed by atoms with Gasteiger partial charge in [-0.3, -0.25) is 52.7 Å². The fraction of sp³-hybridized carbons (Fsp3) is 0.684. The van der Waals surface area contributed by atoms with Gasteiger partial charge in [-0.1, -0.05) is 92.1 Å². The highest BCUT2D eigenvalue weighted by Gasteiger charge is 2.45. The molecule has 0 aromatic heterocycles. The summed E-state index contributed by atoms with van der Waals surface area (Å²) >= 11 is 0. The van der Waals surface area contributed by atoms with Crippen LogP contribution in [0.25, 0.3) is 0 Å². The number of ether oxygens (including phenoxy) is 1. The number of carbonyl (C=O) groups excluding carboxylic acids is 11. The normalized spacial score (nSPS) is 27.0. The van der Waals surface area contributed by atoms with Gasteiger partial charge in [0.2, 0.25) is 53.2 Å². The fourth-order valence-electron chi connectivity index (χ4n) is 10.7. The molecule has 450 valence electrons. The average Bonchev–Trinajstić information content (AvgIpc) is 3.93. The molecule has 1 aromatic rings. The summed E-state index contributed by atoms with van der Waals surface area (Å²) in [7, 11) is 3.96. The predicted octanol–water partition coefficient (Wildman–Crippen LogP) is 1.11. The number of carboxylic acids is 1. The minimum atomic E-state index is -1.60. The maximum absolute atomic E-state index is 14.9. The standard InChI is InChI=1S/C57H88N10O14/c1-12-34(7)46-55(78)67-28-18-17-22-40(67)51(74)61-45(32(3)4)54(77)64(10)41(25-27-44(70)71)57(80)81-48(35(8)13-2)52(75)60-37(30-36-20-15-14-16-21-36)53(76)66-29-19-23-39(66)49(72)59-31-43(69)65(11)47(33(5)6)56(79)63(9)38(50(73)62-46)24-26-42(58)68/h14-16,20-21,32-35,37-41,45-48H,12-13,17-19,22-31H2,1-11H3,(H2,58,68)(H,59,72)(H,60,75)(H,61,74)(H,62,73)(H,70,71)/t34-,35-,37-,38-,39-,40-,41-,45-,46-,47+,48+/m0/s1. The van der Waals surface area contributed by atoms with Crippen LogP contribution >= 0.6 is 0 Å². The molecule has 0 unspecified atom stereocenters. The van der Waals surface area contributed by atoms with Gasteiger partial charge in [-0.15, -0.1) is 0 Å². The van der Waals surface area contributed by atoms with Gasteiger partial charge in [0.1, 0.15) is 48.3 Å². The first-order chi connectivity index (χ1) is 38.2. The van der Waals surface area contributed by atoms with E-state index in [0.717, 1.165) is 14.7 Å². The second-order valence-electron chi connectivity index (χ2n) is 22.6. The van der Waals surface area contributed by atoms with Crippen LogP contribution < -0.4 is 27.0 Å². The molecule has 0 saturated carbocycles. The van der Waals surface area contributed by atoms with E-state index in [9.17, 15) is 62.6 Å². The van der Waals surface area contributed by atoms with Crippen LogP contribution in [0.1, 0.15) is 132 Å². The third kappa shape index (κ3) is 17.4. The topological polar surface area (TPSA) is 325 Å². The highest BCUT2D eigenvalue weighted by molar-refractivity contribution is 5.99. The molecule has 3 heterocycles. The number of primary amides is 1. The number of nitrogens with two attached hydrogens (primary N) is 1. The lowest BCUT2D eigenvalue weighted by Crippen LogP contribution is -2.63. The maximum atomic E-state index is 14.9. The number of cyclic esters (lactones) is 1. The number of amides is 10. The van der Waals surface area contributed by atoms with E-state index in [4.69, 9.17) is 10.5 Å². The average molecular weight is 1140 g/mol. The minimum Gasteiger partial charge on any atom is -0.481 e. The van der Waals surface area contributed by atoms with Crippen molar-refractivity contribution < 1.29 is 67.4 Å². The summed E-state index contributed by atoms with van der Waals surface area (Å²) in [6, 6.07) is -1.65. The van der Waals surface area contributed by atoms with Gasteiger partial charge >= 0.3 is 11.9 Å². The Morgan fingerprint density at radius 1 is 0.630 bits per heavy atom. The van der Waals surface area contributed by atoms with Crippen molar-refractivity contribution in [3.8, 4) is 0 Å². The molecule has 3 aliphatic heterocycles. The van der Waals surface area contributed by atoms with E-state index in [1.165, 1.54) is 30.9 Å². The molecule has 3 aliphatic rings. The summed E-state index contributed by atoms with van der Waals surface area (Å²) in [6.07, 6.45) is -0.910. The number of benzene rings is 1. The van der Waals surface area contributed by atoms with E-state index in [0.29, 0.717) is 31.2 Å². The molecule has 1 aromatic carbocycles. The Balaban J connectivity index is 1.87. The fourth-order valence-corrected chi connectivity index (χ4v) is 10.7. The van der Waals surface area contributed by atoms with Gasteiger partial charge in [-0.2, -0.15) is 0 Å². The molecule has 24 heteroatoms. The van der Waals surface area contributed by atoms with Crippen molar-refractivity contribution >= 4 is 71.0 Å². The summed E-state index contributed by atoms with van der Waals surface area (Å²) in [5.74, 6) is -12.2. The second-order valence-corrected chi connectivity index (χ2v) is 22.6. The van der Waals surface area contributed by atoms with E-state index in [1.807, 2.05) is 0 Å². The number of nitrogens with zero attached hydrogens (tertiary/aromatic N) is 5. The number of piperidine rings is 1. The van der Waals surface area contributed by atoms with Crippen LogP contribution in [-0.4, -0.2) is 196 Å². The van der Waals surface area contributed by atoms with E-state index in [1.54, 1.807) is 85.7 Å². The van der Waals surface area contributed by atoms with Crippen LogP contribution in [0.3, 0.4) is 0 Å². The Morgan fingerprint density at radius 2 is 1.20 bits per heavy atom. The molecule has 0 aliphatic carbocycles. The van der Waals surface area contributed by atoms with Crippen molar-refractivity contribution in [2.75, 3.05) is 40.8 Å². The number of likely N-dealkylation sites (N-methyl/N-ethyl adjacent to an activating group) is 3. The first-order valence-corrected chi connectivity index (χ1v) is 28.5. The van der Waals surface area contributed by atoms with Crippen LogP contribution in [0.15, 0.2) is 30.3 Å². The van der Waals surface area contributed by atoms with Crippen LogP contribution in [0.4, 0.5) is 0 Å². The van der Waals surface area contributed by atoms with Crippen molar-refractivity contribution in [2.24, 2.45) is 29.4 Å². The van der Waals surface area contributed by atoms with Gasteiger partial charge in [0.05, 0.1) is 6.54 Å². The zero-order valence-electron chi connectivity index (χ0n) is 49.1. The zero-order valence-corrected chi connectivity index (χ0v) is 49.1. The molecule has 0 radical (unpaired) electrons. The molecule has 0 spiro atoms. The summed E-state index contributed by atoms with van der Waals surface area (Å²) in [5.41, 5.74) is 6.20. The maximum Gasteiger partial charge on any atom is 0.329 e. The molecule has 4 rings (SSSR count). The van der Waals surface area contributed by atoms with Gasteiger partial charge in [0, 0.05) is 59.4 Å². The smallest absolute Gasteiger partial charge is 0.329 e. The van der Waals surface area contributed by atoms with Gasteiger partial charge in [0.15, 0.2) is 6.10 Å². The lowest BCUT2D eigenvalue weighted by molar-refractivity contribution is -0.167. The Kier molecular flexibility index (Phi) is 25.1. The number of esters is 1. The lowest BCUT2D eigenvalue weighted by Gasteiger charge is -2.40. The highest BCUT2D eigenvalue weighted by atomic mass is 16.6. The number of carboxylic acid groups (broad SMARTS) is 1.